The Bertz CT molecular complexity index is 381. The lowest BCUT2D eigenvalue weighted by molar-refractivity contribution is 0.591. The van der Waals surface area contributed by atoms with Crippen LogP contribution >= 0.6 is 0 Å². The fourth-order valence-corrected chi connectivity index (χ4v) is 1.06. The average Bonchev–Trinajstić information content (AvgIpc) is 2.61. The molecular formula is C8H9N5. The van der Waals surface area contributed by atoms with Crippen molar-refractivity contribution in [2.75, 3.05) is 5.73 Å². The van der Waals surface area contributed by atoms with Crippen molar-refractivity contribution in [1.29, 1.82) is 0 Å². The van der Waals surface area contributed by atoms with Gasteiger partial charge in [-0.25, -0.2) is 4.98 Å². The molecule has 0 bridgehead atoms. The summed E-state index contributed by atoms with van der Waals surface area (Å²) in [5.74, 6) is 0.528. The van der Waals surface area contributed by atoms with Crippen LogP contribution in [-0.2, 0) is 6.54 Å². The second-order valence-electron chi connectivity index (χ2n) is 2.61. The monoisotopic (exact) mass is 175 g/mol. The Hall–Kier alpha value is -1.91. The molecule has 2 aromatic rings. The van der Waals surface area contributed by atoms with Crippen LogP contribution in [-0.4, -0.2) is 20.0 Å². The number of anilines is 1. The molecule has 0 spiro atoms. The van der Waals surface area contributed by atoms with Crippen molar-refractivity contribution in [3.63, 3.8) is 0 Å². The Morgan fingerprint density at radius 1 is 1.23 bits per heavy atom. The van der Waals surface area contributed by atoms with Gasteiger partial charge in [-0.05, 0) is 6.07 Å². The molecular weight excluding hydrogens is 166 g/mol. The van der Waals surface area contributed by atoms with E-state index in [1.807, 2.05) is 12.1 Å². The summed E-state index contributed by atoms with van der Waals surface area (Å²) in [4.78, 5) is 5.53. The third kappa shape index (κ3) is 1.64. The Morgan fingerprint density at radius 2 is 2.00 bits per heavy atom. The lowest BCUT2D eigenvalue weighted by Crippen LogP contribution is -2.06. The van der Waals surface area contributed by atoms with E-state index in [9.17, 15) is 0 Å². The number of nitrogens with two attached hydrogens (primary N) is 1. The zero-order valence-corrected chi connectivity index (χ0v) is 6.96. The van der Waals surface area contributed by atoms with Crippen LogP contribution in [0.4, 0.5) is 5.82 Å². The molecule has 0 amide bonds. The van der Waals surface area contributed by atoms with Gasteiger partial charge in [0.05, 0.1) is 18.9 Å². The molecule has 5 heteroatoms. The topological polar surface area (TPSA) is 69.6 Å². The molecule has 2 rings (SSSR count). The highest BCUT2D eigenvalue weighted by atomic mass is 15.5. The molecule has 13 heavy (non-hydrogen) atoms. The lowest BCUT2D eigenvalue weighted by atomic mass is 10.2. The number of rotatable bonds is 2. The van der Waals surface area contributed by atoms with Crippen LogP contribution in [0.15, 0.2) is 30.7 Å². The van der Waals surface area contributed by atoms with Crippen LogP contribution in [0, 0.1) is 0 Å². The van der Waals surface area contributed by atoms with Gasteiger partial charge < -0.3 is 5.73 Å². The van der Waals surface area contributed by atoms with Gasteiger partial charge in [-0.15, -0.1) is 0 Å². The first-order valence-electron chi connectivity index (χ1n) is 3.90. The fourth-order valence-electron chi connectivity index (χ4n) is 1.06. The van der Waals surface area contributed by atoms with E-state index in [0.717, 1.165) is 5.56 Å². The Balaban J connectivity index is 2.24. The predicted molar refractivity (Wildman–Crippen MR) is 47.8 cm³/mol. The number of nitrogen functional groups attached to an aromatic ring is 1. The molecule has 0 aliphatic rings. The number of hydrogen-bond donors (Lipinski definition) is 1. The molecule has 2 heterocycles. The summed E-state index contributed by atoms with van der Waals surface area (Å²) < 4.78 is 0. The van der Waals surface area contributed by atoms with Gasteiger partial charge in [-0.2, -0.15) is 15.0 Å². The zero-order chi connectivity index (χ0) is 9.10. The van der Waals surface area contributed by atoms with E-state index in [1.165, 1.54) is 0 Å². The van der Waals surface area contributed by atoms with E-state index < -0.39 is 0 Å². The van der Waals surface area contributed by atoms with Gasteiger partial charge in [-0.1, -0.05) is 6.07 Å². The molecule has 0 aliphatic heterocycles. The quantitative estimate of drug-likeness (QED) is 0.712. The molecule has 0 unspecified atom stereocenters. The van der Waals surface area contributed by atoms with Crippen molar-refractivity contribution in [3.8, 4) is 0 Å². The summed E-state index contributed by atoms with van der Waals surface area (Å²) in [7, 11) is 0. The Morgan fingerprint density at radius 3 is 2.69 bits per heavy atom. The standard InChI is InChI=1S/C8H9N5/c9-8-7(2-1-3-10-8)6-13-11-4-5-12-13/h1-5H,6H2,(H2,9,10). The zero-order valence-electron chi connectivity index (χ0n) is 6.96. The van der Waals surface area contributed by atoms with Gasteiger partial charge in [0.1, 0.15) is 5.82 Å². The van der Waals surface area contributed by atoms with Crippen molar-refractivity contribution in [2.24, 2.45) is 0 Å². The van der Waals surface area contributed by atoms with E-state index in [0.29, 0.717) is 12.4 Å². The highest BCUT2D eigenvalue weighted by Crippen LogP contribution is 2.07. The summed E-state index contributed by atoms with van der Waals surface area (Å²) in [5.41, 5.74) is 6.59. The molecule has 66 valence electrons. The highest BCUT2D eigenvalue weighted by Gasteiger charge is 2.00. The molecule has 0 fully saturated rings. The van der Waals surface area contributed by atoms with Crippen molar-refractivity contribution in [2.45, 2.75) is 6.54 Å². The van der Waals surface area contributed by atoms with E-state index in [2.05, 4.69) is 15.2 Å². The maximum atomic E-state index is 5.66. The van der Waals surface area contributed by atoms with E-state index in [4.69, 9.17) is 5.73 Å². The average molecular weight is 175 g/mol. The van der Waals surface area contributed by atoms with Gasteiger partial charge >= 0.3 is 0 Å². The first-order valence-corrected chi connectivity index (χ1v) is 3.90. The predicted octanol–water partition coefficient (Wildman–Crippen LogP) is 0.304. The molecule has 0 saturated carbocycles. The maximum Gasteiger partial charge on any atom is 0.128 e. The number of aromatic nitrogens is 4. The van der Waals surface area contributed by atoms with E-state index in [1.54, 1.807) is 23.4 Å². The number of hydrogen-bond acceptors (Lipinski definition) is 4. The van der Waals surface area contributed by atoms with Gasteiger partial charge in [0.2, 0.25) is 0 Å². The molecule has 0 radical (unpaired) electrons. The van der Waals surface area contributed by atoms with Crippen LogP contribution in [0.3, 0.4) is 0 Å². The second kappa shape index (κ2) is 3.22. The summed E-state index contributed by atoms with van der Waals surface area (Å²) in [6.07, 6.45) is 4.93. The number of nitrogens with zero attached hydrogens (tertiary/aromatic N) is 4. The van der Waals surface area contributed by atoms with Gasteiger partial charge in [-0.3, -0.25) is 0 Å². The third-order valence-corrected chi connectivity index (χ3v) is 1.70. The molecule has 2 N–H and O–H groups in total. The largest absolute Gasteiger partial charge is 0.383 e. The fraction of sp³-hybridized carbons (Fsp3) is 0.125. The lowest BCUT2D eigenvalue weighted by Gasteiger charge is -2.02. The minimum atomic E-state index is 0.528. The molecule has 0 aliphatic carbocycles. The van der Waals surface area contributed by atoms with Crippen molar-refractivity contribution in [1.82, 2.24) is 20.0 Å². The van der Waals surface area contributed by atoms with Crippen LogP contribution in [0.2, 0.25) is 0 Å². The smallest absolute Gasteiger partial charge is 0.128 e. The third-order valence-electron chi connectivity index (χ3n) is 1.70. The maximum absolute atomic E-state index is 5.66. The van der Waals surface area contributed by atoms with E-state index in [-0.39, 0.29) is 0 Å². The summed E-state index contributed by atoms with van der Waals surface area (Å²) >= 11 is 0. The first-order chi connectivity index (χ1) is 6.36. The SMILES string of the molecule is Nc1ncccc1Cn1nccn1. The molecule has 5 nitrogen and oxygen atoms in total. The molecule has 0 aromatic carbocycles. The van der Waals surface area contributed by atoms with E-state index >= 15 is 0 Å². The normalized spacial score (nSPS) is 10.2. The van der Waals surface area contributed by atoms with Crippen LogP contribution in [0.25, 0.3) is 0 Å². The van der Waals surface area contributed by atoms with Gasteiger partial charge in [0.15, 0.2) is 0 Å². The van der Waals surface area contributed by atoms with Crippen molar-refractivity contribution < 1.29 is 0 Å². The highest BCUT2D eigenvalue weighted by molar-refractivity contribution is 5.38. The summed E-state index contributed by atoms with van der Waals surface area (Å²) in [5, 5.41) is 7.95. The Kier molecular flexibility index (Phi) is 1.91. The van der Waals surface area contributed by atoms with Crippen LogP contribution < -0.4 is 5.73 Å². The van der Waals surface area contributed by atoms with Crippen molar-refractivity contribution >= 4 is 5.82 Å². The summed E-state index contributed by atoms with van der Waals surface area (Å²) in [6.45, 7) is 0.562. The van der Waals surface area contributed by atoms with Crippen LogP contribution in [0.5, 0.6) is 0 Å². The minimum Gasteiger partial charge on any atom is -0.383 e. The first kappa shape index (κ1) is 7.72. The van der Waals surface area contributed by atoms with Crippen molar-refractivity contribution in [3.05, 3.63) is 36.3 Å². The second-order valence-corrected chi connectivity index (χ2v) is 2.61. The van der Waals surface area contributed by atoms with Gasteiger partial charge in [0.25, 0.3) is 0 Å². The molecule has 0 atom stereocenters. The minimum absolute atomic E-state index is 0.528. The molecule has 2 aromatic heterocycles. The number of pyridine rings is 1. The van der Waals surface area contributed by atoms with Gasteiger partial charge in [0, 0.05) is 11.8 Å². The molecule has 0 saturated heterocycles. The Labute approximate surface area is 75.2 Å². The summed E-state index contributed by atoms with van der Waals surface area (Å²) in [6, 6.07) is 3.75. The van der Waals surface area contributed by atoms with Crippen LogP contribution in [0.1, 0.15) is 5.56 Å².